The Balaban J connectivity index is 2.52. The molecule has 112 valence electrons. The summed E-state index contributed by atoms with van der Waals surface area (Å²) in [7, 11) is 0. The van der Waals surface area contributed by atoms with Crippen molar-refractivity contribution in [2.24, 2.45) is 0 Å². The molecule has 0 bridgehead atoms. The van der Waals surface area contributed by atoms with Crippen molar-refractivity contribution in [3.8, 4) is 0 Å². The summed E-state index contributed by atoms with van der Waals surface area (Å²) < 4.78 is 1.08. The van der Waals surface area contributed by atoms with Crippen LogP contribution in [-0.2, 0) is 0 Å². The zero-order valence-corrected chi connectivity index (χ0v) is 15.1. The molecule has 0 spiro atoms. The minimum absolute atomic E-state index is 0.151. The van der Waals surface area contributed by atoms with E-state index in [2.05, 4.69) is 60.2 Å². The lowest BCUT2D eigenvalue weighted by atomic mass is 9.93. The van der Waals surface area contributed by atoms with Crippen LogP contribution in [0, 0.1) is 13.8 Å². The van der Waals surface area contributed by atoms with Gasteiger partial charge < -0.3 is 5.32 Å². The molecule has 1 unspecified atom stereocenters. The molecular weight excluding hydrogens is 346 g/mol. The smallest absolute Gasteiger partial charge is 0.0591 e. The summed E-state index contributed by atoms with van der Waals surface area (Å²) >= 11 is 9.87. The molecule has 1 nitrogen and oxygen atoms in total. The van der Waals surface area contributed by atoms with Crippen molar-refractivity contribution < 1.29 is 0 Å². The van der Waals surface area contributed by atoms with Gasteiger partial charge in [0.05, 0.1) is 6.04 Å². The third-order valence-electron chi connectivity index (χ3n) is 3.61. The van der Waals surface area contributed by atoms with E-state index in [1.807, 2.05) is 18.2 Å². The largest absolute Gasteiger partial charge is 0.306 e. The standard InChI is InChI=1S/C18H21BrClN/c1-4-9-21-18(15-10-12(2)5-6-13(15)3)16-11-14(20)7-8-17(16)19/h5-8,10-11,18,21H,4,9H2,1-3H3. The Hall–Kier alpha value is -0.830. The predicted molar refractivity (Wildman–Crippen MR) is 95.2 cm³/mol. The van der Waals surface area contributed by atoms with E-state index in [1.54, 1.807) is 0 Å². The van der Waals surface area contributed by atoms with Crippen LogP contribution in [0.25, 0.3) is 0 Å². The van der Waals surface area contributed by atoms with Gasteiger partial charge in [-0.15, -0.1) is 0 Å². The lowest BCUT2D eigenvalue weighted by Crippen LogP contribution is -2.24. The van der Waals surface area contributed by atoms with Crippen LogP contribution in [-0.4, -0.2) is 6.54 Å². The molecule has 0 aliphatic carbocycles. The molecule has 0 aliphatic heterocycles. The third-order valence-corrected chi connectivity index (χ3v) is 4.57. The van der Waals surface area contributed by atoms with Gasteiger partial charge >= 0.3 is 0 Å². The van der Waals surface area contributed by atoms with Crippen molar-refractivity contribution >= 4 is 27.5 Å². The van der Waals surface area contributed by atoms with Crippen molar-refractivity contribution in [1.82, 2.24) is 5.32 Å². The van der Waals surface area contributed by atoms with Crippen molar-refractivity contribution in [2.45, 2.75) is 33.2 Å². The minimum Gasteiger partial charge on any atom is -0.306 e. The van der Waals surface area contributed by atoms with Gasteiger partial charge in [-0.3, -0.25) is 0 Å². The van der Waals surface area contributed by atoms with Crippen LogP contribution >= 0.6 is 27.5 Å². The van der Waals surface area contributed by atoms with E-state index in [9.17, 15) is 0 Å². The van der Waals surface area contributed by atoms with Gasteiger partial charge in [-0.05, 0) is 61.7 Å². The summed E-state index contributed by atoms with van der Waals surface area (Å²) in [6, 6.07) is 12.7. The second kappa shape index (κ2) is 7.44. The lowest BCUT2D eigenvalue weighted by molar-refractivity contribution is 0.594. The highest BCUT2D eigenvalue weighted by molar-refractivity contribution is 9.10. The van der Waals surface area contributed by atoms with Gasteiger partial charge in [-0.25, -0.2) is 0 Å². The topological polar surface area (TPSA) is 12.0 Å². The summed E-state index contributed by atoms with van der Waals surface area (Å²) in [5, 5.41) is 4.42. The molecule has 0 saturated heterocycles. The molecular formula is C18H21BrClN. The Kier molecular flexibility index (Phi) is 5.86. The molecule has 2 rings (SSSR count). The highest BCUT2D eigenvalue weighted by atomic mass is 79.9. The predicted octanol–water partition coefficient (Wildman–Crippen LogP) is 5.81. The normalized spacial score (nSPS) is 12.4. The Morgan fingerprint density at radius 1 is 1.10 bits per heavy atom. The fraction of sp³-hybridized carbons (Fsp3) is 0.333. The van der Waals surface area contributed by atoms with E-state index in [-0.39, 0.29) is 6.04 Å². The van der Waals surface area contributed by atoms with Gasteiger partial charge in [0.25, 0.3) is 0 Å². The zero-order chi connectivity index (χ0) is 15.4. The first-order valence-electron chi connectivity index (χ1n) is 7.28. The quantitative estimate of drug-likeness (QED) is 0.704. The van der Waals surface area contributed by atoms with Crippen molar-refractivity contribution in [3.63, 3.8) is 0 Å². The number of halogens is 2. The molecule has 0 amide bonds. The first-order valence-corrected chi connectivity index (χ1v) is 8.45. The molecule has 0 saturated carbocycles. The van der Waals surface area contributed by atoms with Crippen LogP contribution in [0.1, 0.15) is 41.6 Å². The number of hydrogen-bond donors (Lipinski definition) is 1. The molecule has 0 aliphatic rings. The highest BCUT2D eigenvalue weighted by Crippen LogP contribution is 2.32. The zero-order valence-electron chi connectivity index (χ0n) is 12.7. The van der Waals surface area contributed by atoms with Gasteiger partial charge in [0.15, 0.2) is 0 Å². The van der Waals surface area contributed by atoms with Crippen molar-refractivity contribution in [1.29, 1.82) is 0 Å². The minimum atomic E-state index is 0.151. The van der Waals surface area contributed by atoms with Crippen LogP contribution in [0.3, 0.4) is 0 Å². The Morgan fingerprint density at radius 3 is 2.57 bits per heavy atom. The lowest BCUT2D eigenvalue weighted by Gasteiger charge is -2.23. The molecule has 1 N–H and O–H groups in total. The Morgan fingerprint density at radius 2 is 1.86 bits per heavy atom. The highest BCUT2D eigenvalue weighted by Gasteiger charge is 2.18. The van der Waals surface area contributed by atoms with Gasteiger partial charge in [0.1, 0.15) is 0 Å². The second-order valence-electron chi connectivity index (χ2n) is 5.41. The Labute approximate surface area is 140 Å². The van der Waals surface area contributed by atoms with Crippen molar-refractivity contribution in [3.05, 3.63) is 68.1 Å². The first-order chi connectivity index (χ1) is 10.0. The number of nitrogens with one attached hydrogen (secondary N) is 1. The number of benzene rings is 2. The van der Waals surface area contributed by atoms with Crippen LogP contribution in [0.2, 0.25) is 5.02 Å². The second-order valence-corrected chi connectivity index (χ2v) is 6.70. The van der Waals surface area contributed by atoms with E-state index >= 15 is 0 Å². The molecule has 3 heteroatoms. The molecule has 0 fully saturated rings. The van der Waals surface area contributed by atoms with Crippen LogP contribution < -0.4 is 5.32 Å². The molecule has 1 atom stereocenters. The summed E-state index contributed by atoms with van der Waals surface area (Å²) in [5.41, 5.74) is 5.06. The monoisotopic (exact) mass is 365 g/mol. The SMILES string of the molecule is CCCNC(c1cc(C)ccc1C)c1cc(Cl)ccc1Br. The molecule has 2 aromatic carbocycles. The van der Waals surface area contributed by atoms with Gasteiger partial charge in [-0.2, -0.15) is 0 Å². The van der Waals surface area contributed by atoms with Gasteiger partial charge in [-0.1, -0.05) is 58.2 Å². The fourth-order valence-electron chi connectivity index (χ4n) is 2.48. The fourth-order valence-corrected chi connectivity index (χ4v) is 3.14. The van der Waals surface area contributed by atoms with E-state index in [1.165, 1.54) is 22.3 Å². The maximum Gasteiger partial charge on any atom is 0.0591 e. The molecule has 0 aromatic heterocycles. The van der Waals surface area contributed by atoms with E-state index in [0.717, 1.165) is 22.5 Å². The van der Waals surface area contributed by atoms with Gasteiger partial charge in [0, 0.05) is 9.50 Å². The van der Waals surface area contributed by atoms with Crippen LogP contribution in [0.15, 0.2) is 40.9 Å². The molecule has 2 aromatic rings. The number of rotatable bonds is 5. The molecule has 0 radical (unpaired) electrons. The molecule has 0 heterocycles. The van der Waals surface area contributed by atoms with Crippen LogP contribution in [0.4, 0.5) is 0 Å². The maximum atomic E-state index is 6.20. The average Bonchev–Trinajstić information content (AvgIpc) is 2.46. The van der Waals surface area contributed by atoms with Crippen LogP contribution in [0.5, 0.6) is 0 Å². The number of aryl methyl sites for hydroxylation is 2. The Bertz CT molecular complexity index is 573. The van der Waals surface area contributed by atoms with E-state index in [0.29, 0.717) is 0 Å². The summed E-state index contributed by atoms with van der Waals surface area (Å²) in [4.78, 5) is 0. The molecule has 21 heavy (non-hydrogen) atoms. The van der Waals surface area contributed by atoms with E-state index in [4.69, 9.17) is 11.6 Å². The summed E-state index contributed by atoms with van der Waals surface area (Å²) in [6.45, 7) is 7.44. The summed E-state index contributed by atoms with van der Waals surface area (Å²) in [6.07, 6.45) is 1.10. The average molecular weight is 367 g/mol. The third kappa shape index (κ3) is 4.09. The number of hydrogen-bond acceptors (Lipinski definition) is 1. The van der Waals surface area contributed by atoms with E-state index < -0.39 is 0 Å². The maximum absolute atomic E-state index is 6.20. The van der Waals surface area contributed by atoms with Gasteiger partial charge in [0.2, 0.25) is 0 Å². The first kappa shape index (κ1) is 16.5. The van der Waals surface area contributed by atoms with Crippen molar-refractivity contribution in [2.75, 3.05) is 6.54 Å². The summed E-state index contributed by atoms with van der Waals surface area (Å²) in [5.74, 6) is 0.